The zero-order chi connectivity index (χ0) is 24.5. The molecule has 1 aromatic heterocycles. The van der Waals surface area contributed by atoms with Gasteiger partial charge in [-0.1, -0.05) is 35.9 Å². The first-order valence-electron chi connectivity index (χ1n) is 13.0. The summed E-state index contributed by atoms with van der Waals surface area (Å²) in [4.78, 5) is 19.2. The molecule has 35 heavy (non-hydrogen) atoms. The lowest BCUT2D eigenvalue weighted by molar-refractivity contribution is -0.148. The summed E-state index contributed by atoms with van der Waals surface area (Å²) >= 11 is 0. The number of allylic oxidation sites excluding steroid dienone is 3. The first-order chi connectivity index (χ1) is 17.2. The fourth-order valence-electron chi connectivity index (χ4n) is 4.98. The Hall–Kier alpha value is -3.30. The number of hydrogen-bond donors (Lipinski definition) is 1. The largest absolute Gasteiger partial charge is 0.466 e. The van der Waals surface area contributed by atoms with Gasteiger partial charge in [0.1, 0.15) is 5.82 Å². The van der Waals surface area contributed by atoms with Crippen LogP contribution in [-0.4, -0.2) is 30.6 Å². The molecule has 5 heteroatoms. The number of piperidine rings is 1. The molecule has 2 heterocycles. The van der Waals surface area contributed by atoms with Gasteiger partial charge >= 0.3 is 5.97 Å². The lowest BCUT2D eigenvalue weighted by Crippen LogP contribution is -2.42. The Balaban J connectivity index is 1.40. The van der Waals surface area contributed by atoms with Gasteiger partial charge < -0.3 is 15.4 Å². The van der Waals surface area contributed by atoms with E-state index in [-0.39, 0.29) is 11.9 Å². The number of pyridine rings is 1. The van der Waals surface area contributed by atoms with Crippen LogP contribution < -0.4 is 21.1 Å². The lowest BCUT2D eigenvalue weighted by Gasteiger charge is -2.32. The molecule has 1 aliphatic carbocycles. The minimum Gasteiger partial charge on any atom is -0.466 e. The number of nitrogen functional groups attached to an aromatic ring is 1. The Morgan fingerprint density at radius 1 is 1.14 bits per heavy atom. The molecule has 1 saturated heterocycles. The monoisotopic (exact) mass is 471 g/mol. The summed E-state index contributed by atoms with van der Waals surface area (Å²) in [5, 5.41) is 2.24. The van der Waals surface area contributed by atoms with Gasteiger partial charge in [0.2, 0.25) is 0 Å². The number of nitrogens with two attached hydrogens (primary N) is 1. The van der Waals surface area contributed by atoms with E-state index in [9.17, 15) is 4.79 Å². The quantitative estimate of drug-likeness (QED) is 0.269. The van der Waals surface area contributed by atoms with Crippen molar-refractivity contribution in [2.75, 3.05) is 30.3 Å². The van der Waals surface area contributed by atoms with Crippen LogP contribution in [-0.2, 0) is 16.0 Å². The predicted octanol–water partition coefficient (Wildman–Crippen LogP) is 4.29. The van der Waals surface area contributed by atoms with E-state index >= 15 is 0 Å². The Labute approximate surface area is 208 Å². The molecule has 0 unspecified atom stereocenters. The molecule has 1 aromatic carbocycles. The topological polar surface area (TPSA) is 68.5 Å². The van der Waals surface area contributed by atoms with Gasteiger partial charge in [0.15, 0.2) is 0 Å². The minimum atomic E-state index is -0.0623. The Morgan fingerprint density at radius 2 is 1.94 bits per heavy atom. The van der Waals surface area contributed by atoms with Crippen molar-refractivity contribution in [3.05, 3.63) is 70.3 Å². The van der Waals surface area contributed by atoms with E-state index in [1.54, 1.807) is 0 Å². The van der Waals surface area contributed by atoms with Crippen molar-refractivity contribution in [2.24, 2.45) is 5.92 Å². The average molecular weight is 472 g/mol. The molecule has 0 saturated carbocycles. The second kappa shape index (κ2) is 12.4. The Bertz CT molecular complexity index is 1200. The Morgan fingerprint density at radius 3 is 2.74 bits per heavy atom. The second-order valence-electron chi connectivity index (χ2n) is 9.37. The number of anilines is 2. The molecule has 1 fully saturated rings. The molecular weight excluding hydrogens is 434 g/mol. The van der Waals surface area contributed by atoms with Gasteiger partial charge in [0, 0.05) is 35.4 Å². The number of benzene rings is 1. The van der Waals surface area contributed by atoms with E-state index in [0.717, 1.165) is 86.4 Å². The van der Waals surface area contributed by atoms with E-state index in [1.165, 1.54) is 11.1 Å². The summed E-state index contributed by atoms with van der Waals surface area (Å²) < 4.78 is 5.22. The molecular formula is C30H37N3O2. The normalized spacial score (nSPS) is 16.1. The first-order valence-corrected chi connectivity index (χ1v) is 13.0. The van der Waals surface area contributed by atoms with Gasteiger partial charge in [-0.2, -0.15) is 0 Å². The highest BCUT2D eigenvalue weighted by atomic mass is 16.5. The predicted molar refractivity (Wildman–Crippen MR) is 143 cm³/mol. The van der Waals surface area contributed by atoms with Gasteiger partial charge in [0.25, 0.3) is 0 Å². The third kappa shape index (κ3) is 6.64. The van der Waals surface area contributed by atoms with Gasteiger partial charge in [-0.3, -0.25) is 4.79 Å². The van der Waals surface area contributed by atoms with Crippen molar-refractivity contribution in [1.82, 2.24) is 4.98 Å². The van der Waals surface area contributed by atoms with Crippen LogP contribution in [0.2, 0.25) is 0 Å². The van der Waals surface area contributed by atoms with Crippen LogP contribution in [0.5, 0.6) is 0 Å². The molecule has 0 bridgehead atoms. The summed E-state index contributed by atoms with van der Waals surface area (Å²) in [5.74, 6) is 0.940. The maximum Gasteiger partial charge on any atom is 0.309 e. The molecule has 5 nitrogen and oxygen atoms in total. The highest BCUT2D eigenvalue weighted by Crippen LogP contribution is 2.21. The summed E-state index contributed by atoms with van der Waals surface area (Å²) in [6, 6.07) is 10.2. The average Bonchev–Trinajstić information content (AvgIpc) is 2.98. The number of ether oxygens (including phenoxy) is 1. The molecule has 2 aliphatic rings. The number of para-hydroxylation sites is 1. The first kappa shape index (κ1) is 24.8. The third-order valence-corrected chi connectivity index (χ3v) is 6.98. The van der Waals surface area contributed by atoms with Crippen molar-refractivity contribution in [3.8, 4) is 0 Å². The number of nitrogens with zero attached hydrogens (tertiary/aromatic N) is 2. The minimum absolute atomic E-state index is 0.000762. The number of rotatable bonds is 8. The molecule has 184 valence electrons. The molecule has 0 atom stereocenters. The number of carbonyl (C=O) groups excluding carboxylic acids is 1. The molecule has 0 radical (unpaired) electrons. The molecule has 2 aromatic rings. The number of hydrogen-bond acceptors (Lipinski definition) is 5. The summed E-state index contributed by atoms with van der Waals surface area (Å²) in [5.41, 5.74) is 13.2. The molecule has 1 aliphatic heterocycles. The molecule has 4 rings (SSSR count). The maximum absolute atomic E-state index is 12.1. The lowest BCUT2D eigenvalue weighted by atomic mass is 9.97. The van der Waals surface area contributed by atoms with E-state index in [0.29, 0.717) is 6.61 Å². The number of esters is 1. The number of carbonyl (C=O) groups is 1. The third-order valence-electron chi connectivity index (χ3n) is 6.98. The van der Waals surface area contributed by atoms with E-state index in [1.807, 2.05) is 31.3 Å². The number of fused-ring (bicyclic) bond motifs is 1. The smallest absolute Gasteiger partial charge is 0.309 e. The van der Waals surface area contributed by atoms with E-state index < -0.39 is 0 Å². The van der Waals surface area contributed by atoms with Crippen molar-refractivity contribution >= 4 is 29.3 Å². The van der Waals surface area contributed by atoms with Crippen LogP contribution in [0.15, 0.2) is 54.3 Å². The number of unbranched alkanes of at least 4 members (excludes halogenated alkanes) is 1. The zero-order valence-corrected chi connectivity index (χ0v) is 20.8. The summed E-state index contributed by atoms with van der Waals surface area (Å²) in [7, 11) is 0. The highest BCUT2D eigenvalue weighted by Gasteiger charge is 2.26. The summed E-state index contributed by atoms with van der Waals surface area (Å²) in [6.07, 6.45) is 16.6. The van der Waals surface area contributed by atoms with Crippen LogP contribution in [0.25, 0.3) is 11.8 Å². The molecule has 0 spiro atoms. The van der Waals surface area contributed by atoms with Gasteiger partial charge in [-0.15, -0.1) is 5.73 Å². The standard InChI is InChI=1S/C30H37N3O2/c1-2-35-30(34)26-18-21-33(22-19-26)29-27-15-8-11-23(10-7-14-24(27)17-20-32-29)9-3-4-12-25-13-5-6-16-28(25)31/h5-7,11,13,15-17,20,26H,2-4,8-10,12,18-19,21-22,31H2,1H3. The molecule has 0 amide bonds. The number of aryl methyl sites for hydroxylation is 1. The van der Waals surface area contributed by atoms with Gasteiger partial charge in [-0.25, -0.2) is 4.98 Å². The fourth-order valence-corrected chi connectivity index (χ4v) is 4.98. The van der Waals surface area contributed by atoms with Gasteiger partial charge in [-0.05, 0) is 82.1 Å². The maximum atomic E-state index is 12.1. The zero-order valence-electron chi connectivity index (χ0n) is 20.8. The van der Waals surface area contributed by atoms with Crippen molar-refractivity contribution in [1.29, 1.82) is 0 Å². The van der Waals surface area contributed by atoms with Gasteiger partial charge in [0.05, 0.1) is 12.5 Å². The van der Waals surface area contributed by atoms with Crippen molar-refractivity contribution in [3.63, 3.8) is 0 Å². The van der Waals surface area contributed by atoms with E-state index in [4.69, 9.17) is 15.5 Å². The van der Waals surface area contributed by atoms with Crippen molar-refractivity contribution in [2.45, 2.75) is 58.3 Å². The molecule has 2 N–H and O–H groups in total. The van der Waals surface area contributed by atoms with Crippen LogP contribution in [0, 0.1) is 5.92 Å². The highest BCUT2D eigenvalue weighted by molar-refractivity contribution is 5.72. The van der Waals surface area contributed by atoms with Crippen molar-refractivity contribution < 1.29 is 9.53 Å². The van der Waals surface area contributed by atoms with Crippen LogP contribution >= 0.6 is 0 Å². The van der Waals surface area contributed by atoms with Crippen LogP contribution in [0.1, 0.15) is 57.4 Å². The van der Waals surface area contributed by atoms with E-state index in [2.05, 4.69) is 41.0 Å². The second-order valence-corrected chi connectivity index (χ2v) is 9.37. The summed E-state index contributed by atoms with van der Waals surface area (Å²) in [6.45, 7) is 3.94. The SMILES string of the molecule is CCOC(=O)C1CCN(c2nccc3c2=CCC=C(CCCCc2ccccc2N)CC=C=3)CC1. The van der Waals surface area contributed by atoms with Crippen LogP contribution in [0.3, 0.4) is 0 Å². The fraction of sp³-hybridized carbons (Fsp3) is 0.433. The number of aromatic nitrogens is 1. The Kier molecular flexibility index (Phi) is 8.80. The van der Waals surface area contributed by atoms with Crippen LogP contribution in [0.4, 0.5) is 11.5 Å².